The smallest absolute Gasteiger partial charge is 0.151 e. The molecule has 1 aromatic rings. The number of hydrogen-bond donors (Lipinski definition) is 2. The largest absolute Gasteiger partial charge is 0.366 e. The van der Waals surface area contributed by atoms with Crippen molar-refractivity contribution in [3.05, 3.63) is 11.3 Å². The number of nitrogens with one attached hydrogen (secondary N) is 2. The van der Waals surface area contributed by atoms with E-state index in [1.54, 1.807) is 0 Å². The average Bonchev–Trinajstić information content (AvgIpc) is 2.47. The third kappa shape index (κ3) is 2.28. The summed E-state index contributed by atoms with van der Waals surface area (Å²) < 4.78 is 0. The predicted molar refractivity (Wildman–Crippen MR) is 60.6 cm³/mol. The fourth-order valence-corrected chi connectivity index (χ4v) is 1.30. The fourth-order valence-electron chi connectivity index (χ4n) is 1.30. The number of rotatable bonds is 4. The number of aromatic amines is 1. The van der Waals surface area contributed by atoms with E-state index in [4.69, 9.17) is 0 Å². The topological polar surface area (TPSA) is 40.7 Å². The van der Waals surface area contributed by atoms with E-state index in [0.717, 1.165) is 12.2 Å². The summed E-state index contributed by atoms with van der Waals surface area (Å²) in [6.45, 7) is 10.8. The molecule has 1 rings (SSSR count). The predicted octanol–water partition coefficient (Wildman–Crippen LogP) is 2.74. The van der Waals surface area contributed by atoms with Crippen molar-refractivity contribution >= 4 is 5.82 Å². The molecule has 3 heteroatoms. The monoisotopic (exact) mass is 195 g/mol. The van der Waals surface area contributed by atoms with E-state index in [1.807, 2.05) is 0 Å². The third-order valence-electron chi connectivity index (χ3n) is 2.83. The van der Waals surface area contributed by atoms with Crippen LogP contribution in [0.3, 0.4) is 0 Å². The van der Waals surface area contributed by atoms with Crippen molar-refractivity contribution in [2.45, 2.75) is 47.1 Å². The summed E-state index contributed by atoms with van der Waals surface area (Å²) in [5.41, 5.74) is 2.48. The highest BCUT2D eigenvalue weighted by atomic mass is 15.2. The van der Waals surface area contributed by atoms with Gasteiger partial charge in [-0.1, -0.05) is 20.8 Å². The lowest BCUT2D eigenvalue weighted by molar-refractivity contribution is 0.558. The van der Waals surface area contributed by atoms with Crippen LogP contribution in [0.4, 0.5) is 5.82 Å². The molecule has 1 aromatic heterocycles. The van der Waals surface area contributed by atoms with Gasteiger partial charge in [-0.15, -0.1) is 0 Å². The third-order valence-corrected chi connectivity index (χ3v) is 2.83. The molecule has 0 fully saturated rings. The molecular formula is C11H21N3. The van der Waals surface area contributed by atoms with Crippen molar-refractivity contribution in [3.8, 4) is 0 Å². The highest BCUT2D eigenvalue weighted by Crippen LogP contribution is 2.17. The molecule has 0 spiro atoms. The zero-order chi connectivity index (χ0) is 10.7. The Morgan fingerprint density at radius 3 is 2.43 bits per heavy atom. The van der Waals surface area contributed by atoms with Gasteiger partial charge < -0.3 is 5.32 Å². The van der Waals surface area contributed by atoms with Crippen LogP contribution in [0.1, 0.15) is 39.0 Å². The van der Waals surface area contributed by atoms with Crippen LogP contribution in [0.15, 0.2) is 0 Å². The van der Waals surface area contributed by atoms with Gasteiger partial charge in [-0.2, -0.15) is 5.10 Å². The lowest BCUT2D eigenvalue weighted by atomic mass is 10.1. The number of aromatic nitrogens is 2. The van der Waals surface area contributed by atoms with Crippen LogP contribution in [0.5, 0.6) is 0 Å². The van der Waals surface area contributed by atoms with E-state index in [9.17, 15) is 0 Å². The van der Waals surface area contributed by atoms with Crippen LogP contribution in [-0.2, 0) is 6.42 Å². The second-order valence-electron chi connectivity index (χ2n) is 4.21. The second-order valence-corrected chi connectivity index (χ2v) is 4.21. The van der Waals surface area contributed by atoms with Crippen LogP contribution >= 0.6 is 0 Å². The standard InChI is InChI=1S/C11H21N3/c1-6-10-8(4)11(14-13-10)12-9(5)7(2)3/h7,9H,6H2,1-5H3,(H2,12,13,14). The Bertz CT molecular complexity index is 289. The van der Waals surface area contributed by atoms with E-state index >= 15 is 0 Å². The van der Waals surface area contributed by atoms with Crippen molar-refractivity contribution in [2.75, 3.05) is 5.32 Å². The molecule has 14 heavy (non-hydrogen) atoms. The fraction of sp³-hybridized carbons (Fsp3) is 0.727. The Morgan fingerprint density at radius 2 is 2.00 bits per heavy atom. The summed E-state index contributed by atoms with van der Waals surface area (Å²) in [5.74, 6) is 1.62. The molecule has 0 saturated heterocycles. The van der Waals surface area contributed by atoms with Crippen molar-refractivity contribution in [2.24, 2.45) is 5.92 Å². The van der Waals surface area contributed by atoms with E-state index in [1.165, 1.54) is 11.3 Å². The summed E-state index contributed by atoms with van der Waals surface area (Å²) in [6.07, 6.45) is 1.01. The average molecular weight is 195 g/mol. The summed E-state index contributed by atoms with van der Waals surface area (Å²) in [4.78, 5) is 0. The van der Waals surface area contributed by atoms with E-state index in [0.29, 0.717) is 12.0 Å². The molecule has 1 heterocycles. The normalized spacial score (nSPS) is 13.3. The lowest BCUT2D eigenvalue weighted by Gasteiger charge is -2.17. The summed E-state index contributed by atoms with van der Waals surface area (Å²) in [6, 6.07) is 0.460. The maximum absolute atomic E-state index is 4.27. The number of anilines is 1. The zero-order valence-electron chi connectivity index (χ0n) is 9.81. The summed E-state index contributed by atoms with van der Waals surface area (Å²) in [5, 5.41) is 10.8. The minimum atomic E-state index is 0.460. The lowest BCUT2D eigenvalue weighted by Crippen LogP contribution is -2.22. The van der Waals surface area contributed by atoms with Gasteiger partial charge in [-0.05, 0) is 26.2 Å². The van der Waals surface area contributed by atoms with E-state index < -0.39 is 0 Å². The SMILES string of the molecule is CCc1[nH]nc(NC(C)C(C)C)c1C. The molecule has 0 aliphatic rings. The van der Waals surface area contributed by atoms with Gasteiger partial charge in [0.2, 0.25) is 0 Å². The second kappa shape index (κ2) is 4.49. The molecular weight excluding hydrogens is 174 g/mol. The number of H-pyrrole nitrogens is 1. The van der Waals surface area contributed by atoms with Gasteiger partial charge in [-0.25, -0.2) is 0 Å². The van der Waals surface area contributed by atoms with Crippen molar-refractivity contribution in [1.82, 2.24) is 10.2 Å². The van der Waals surface area contributed by atoms with Crippen molar-refractivity contribution in [3.63, 3.8) is 0 Å². The van der Waals surface area contributed by atoms with Crippen LogP contribution in [0, 0.1) is 12.8 Å². The summed E-state index contributed by atoms with van der Waals surface area (Å²) >= 11 is 0. The van der Waals surface area contributed by atoms with Gasteiger partial charge in [0.05, 0.1) is 0 Å². The molecule has 1 atom stereocenters. The minimum Gasteiger partial charge on any atom is -0.366 e. The van der Waals surface area contributed by atoms with Gasteiger partial charge in [0, 0.05) is 17.3 Å². The number of nitrogens with zero attached hydrogens (tertiary/aromatic N) is 1. The molecule has 3 nitrogen and oxygen atoms in total. The molecule has 1 unspecified atom stereocenters. The van der Waals surface area contributed by atoms with Crippen LogP contribution in [0.2, 0.25) is 0 Å². The van der Waals surface area contributed by atoms with Gasteiger partial charge in [0.1, 0.15) is 0 Å². The van der Waals surface area contributed by atoms with Gasteiger partial charge >= 0.3 is 0 Å². The van der Waals surface area contributed by atoms with Crippen LogP contribution < -0.4 is 5.32 Å². The van der Waals surface area contributed by atoms with Crippen molar-refractivity contribution in [1.29, 1.82) is 0 Å². The molecule has 0 aliphatic carbocycles. The van der Waals surface area contributed by atoms with Gasteiger partial charge in [0.25, 0.3) is 0 Å². The van der Waals surface area contributed by atoms with Crippen molar-refractivity contribution < 1.29 is 0 Å². The maximum Gasteiger partial charge on any atom is 0.151 e. The Kier molecular flexibility index (Phi) is 3.55. The maximum atomic E-state index is 4.27. The molecule has 0 bridgehead atoms. The Labute approximate surface area is 86.3 Å². The van der Waals surface area contributed by atoms with Crippen LogP contribution in [-0.4, -0.2) is 16.2 Å². The molecule has 0 aromatic carbocycles. The highest BCUT2D eigenvalue weighted by molar-refractivity contribution is 5.46. The first kappa shape index (κ1) is 11.1. The zero-order valence-corrected chi connectivity index (χ0v) is 9.81. The van der Waals surface area contributed by atoms with E-state index in [-0.39, 0.29) is 0 Å². The highest BCUT2D eigenvalue weighted by Gasteiger charge is 2.11. The number of hydrogen-bond acceptors (Lipinski definition) is 2. The Balaban J connectivity index is 2.72. The Hall–Kier alpha value is -0.990. The molecule has 80 valence electrons. The first-order valence-electron chi connectivity index (χ1n) is 5.36. The first-order chi connectivity index (χ1) is 6.56. The molecule has 0 amide bonds. The quantitative estimate of drug-likeness (QED) is 0.775. The first-order valence-corrected chi connectivity index (χ1v) is 5.36. The number of aryl methyl sites for hydroxylation is 1. The molecule has 0 saturated carbocycles. The van der Waals surface area contributed by atoms with E-state index in [2.05, 4.69) is 50.1 Å². The Morgan fingerprint density at radius 1 is 1.36 bits per heavy atom. The van der Waals surface area contributed by atoms with Crippen LogP contribution in [0.25, 0.3) is 0 Å². The molecule has 0 aliphatic heterocycles. The van der Waals surface area contributed by atoms with Gasteiger partial charge in [0.15, 0.2) is 5.82 Å². The molecule has 2 N–H and O–H groups in total. The minimum absolute atomic E-state index is 0.460. The summed E-state index contributed by atoms with van der Waals surface area (Å²) in [7, 11) is 0. The molecule has 0 radical (unpaired) electrons. The van der Waals surface area contributed by atoms with Gasteiger partial charge in [-0.3, -0.25) is 5.10 Å².